The van der Waals surface area contributed by atoms with Gasteiger partial charge < -0.3 is 37.2 Å². The van der Waals surface area contributed by atoms with Gasteiger partial charge in [0.1, 0.15) is 0 Å². The summed E-state index contributed by atoms with van der Waals surface area (Å²) in [6.07, 6.45) is 13.6. The molecule has 0 amide bonds. The standard InChI is InChI=1S/C37H47Si.3ClH.Ti/c1-6-9-12-31-15-21-34(22-16-31)38(37-28-29(4)27-30(37)5,35-23-17-32(18-24-35)13-10-7-2)36-25-19-33(20-26-36)14-11-8-3;;;;/h15-26,28-29H,6-14H2,1-5H3;3*1H;/q;;;;+3/p-3. The largest absolute Gasteiger partial charge is 1.00 e. The van der Waals surface area contributed by atoms with Crippen molar-refractivity contribution < 1.29 is 57.7 Å². The second-order valence-corrected chi connectivity index (χ2v) is 16.2. The van der Waals surface area contributed by atoms with Gasteiger partial charge in [-0.25, -0.2) is 0 Å². The third-order valence-corrected chi connectivity index (χ3v) is 14.9. The Kier molecular flexibility index (Phi) is 17.3. The van der Waals surface area contributed by atoms with Crippen molar-refractivity contribution in [1.82, 2.24) is 0 Å². The minimum atomic E-state index is -2.50. The molecule has 0 saturated heterocycles. The van der Waals surface area contributed by atoms with Crippen LogP contribution < -0.4 is 52.8 Å². The van der Waals surface area contributed by atoms with Crippen molar-refractivity contribution in [3.05, 3.63) is 110 Å². The maximum absolute atomic E-state index is 2.61. The van der Waals surface area contributed by atoms with Crippen molar-refractivity contribution in [2.24, 2.45) is 5.92 Å². The van der Waals surface area contributed by atoms with E-state index in [2.05, 4.69) is 134 Å². The number of hydrogen-bond acceptors (Lipinski definition) is 0. The molecule has 0 fully saturated rings. The van der Waals surface area contributed by atoms with Crippen molar-refractivity contribution >= 4 is 23.6 Å². The Bertz CT molecular complexity index is 1150. The van der Waals surface area contributed by atoms with Crippen LogP contribution in [-0.4, -0.2) is 8.07 Å². The Morgan fingerprint density at radius 2 is 0.881 bits per heavy atom. The molecule has 4 rings (SSSR count). The molecule has 0 saturated carbocycles. The Hall–Kier alpha value is -1.06. The minimum absolute atomic E-state index is 0. The molecule has 0 radical (unpaired) electrons. The minimum Gasteiger partial charge on any atom is -1.00 e. The van der Waals surface area contributed by atoms with Crippen LogP contribution in [0.2, 0.25) is 0 Å². The molecular formula is C37H47Cl3SiTi. The van der Waals surface area contributed by atoms with Gasteiger partial charge >= 0.3 is 253 Å². The zero-order valence-corrected chi connectivity index (χ0v) is 30.9. The third-order valence-electron chi connectivity index (χ3n) is 8.70. The summed E-state index contributed by atoms with van der Waals surface area (Å²) in [6.45, 7) is 11.6. The average Bonchev–Trinajstić information content (AvgIpc) is 3.23. The molecule has 1 atom stereocenters. The van der Waals surface area contributed by atoms with Gasteiger partial charge in [0.2, 0.25) is 0 Å². The van der Waals surface area contributed by atoms with Gasteiger partial charge in [0.05, 0.1) is 0 Å². The maximum atomic E-state index is 2.61. The molecular weight excluding hydrogens is 627 g/mol. The third kappa shape index (κ3) is 8.56. The van der Waals surface area contributed by atoms with E-state index in [1.54, 1.807) is 5.20 Å². The number of hydrogen-bond donors (Lipinski definition) is 0. The van der Waals surface area contributed by atoms with Gasteiger partial charge in [0.25, 0.3) is 0 Å². The maximum Gasteiger partial charge on any atom is -1.00 e. The zero-order chi connectivity index (χ0) is 27.8. The first-order chi connectivity index (χ1) is 18.9. The molecule has 0 spiro atoms. The number of allylic oxidation sites excluding steroid dienone is 4. The quantitative estimate of drug-likeness (QED) is 0.164. The van der Waals surface area contributed by atoms with E-state index in [1.807, 2.05) is 0 Å². The van der Waals surface area contributed by atoms with E-state index in [9.17, 15) is 0 Å². The summed E-state index contributed by atoms with van der Waals surface area (Å²) in [4.78, 5) is 0. The smallest absolute Gasteiger partial charge is 1.00 e. The Morgan fingerprint density at radius 1 is 0.571 bits per heavy atom. The predicted molar refractivity (Wildman–Crippen MR) is 170 cm³/mol. The first-order valence-corrected chi connectivity index (χ1v) is 18.2. The second-order valence-electron chi connectivity index (χ2n) is 11.6. The van der Waals surface area contributed by atoms with Crippen LogP contribution in [0.4, 0.5) is 0 Å². The molecule has 0 bridgehead atoms. The fourth-order valence-electron chi connectivity index (χ4n) is 6.22. The van der Waals surface area contributed by atoms with E-state index in [-0.39, 0.29) is 37.2 Å². The number of unbranched alkanes of at least 4 members (excludes halogenated alkanes) is 3. The predicted octanol–water partition coefficient (Wildman–Crippen LogP) is -0.867. The summed E-state index contributed by atoms with van der Waals surface area (Å²) in [7, 11) is -2.50. The molecule has 224 valence electrons. The molecule has 3 aromatic rings. The van der Waals surface area contributed by atoms with Crippen LogP contribution >= 0.6 is 0 Å². The summed E-state index contributed by atoms with van der Waals surface area (Å²) in [5.41, 5.74) is 5.90. The Labute approximate surface area is 287 Å². The van der Waals surface area contributed by atoms with Gasteiger partial charge in [0.15, 0.2) is 0 Å². The van der Waals surface area contributed by atoms with E-state index in [0.29, 0.717) is 5.92 Å². The van der Waals surface area contributed by atoms with Gasteiger partial charge in [-0.15, -0.1) is 0 Å². The Balaban J connectivity index is 0.00000294. The van der Waals surface area contributed by atoms with Gasteiger partial charge in [0, 0.05) is 0 Å². The summed E-state index contributed by atoms with van der Waals surface area (Å²) in [5.74, 6) is 0.489. The van der Waals surface area contributed by atoms with Crippen molar-refractivity contribution in [3.63, 3.8) is 0 Å². The number of aryl methyl sites for hydroxylation is 3. The van der Waals surface area contributed by atoms with Gasteiger partial charge in [-0.05, 0) is 0 Å². The van der Waals surface area contributed by atoms with Crippen LogP contribution in [-0.2, 0) is 39.7 Å². The molecule has 0 aromatic heterocycles. The van der Waals surface area contributed by atoms with Crippen LogP contribution in [0.25, 0.3) is 0 Å². The molecule has 5 heteroatoms. The fourth-order valence-corrected chi connectivity index (χ4v) is 11.9. The second kappa shape index (κ2) is 18.7. The van der Waals surface area contributed by atoms with Gasteiger partial charge in [-0.2, -0.15) is 0 Å². The molecule has 0 heterocycles. The SMILES string of the molecule is CCCCc1ccc([Si](C2=CC(C)[C]([Ti+3])=C2C)(c2ccc(CCCC)cc2)c2ccc(CCCC)cc2)cc1.[Cl-].[Cl-].[Cl-]. The normalized spacial score (nSPS) is 14.5. The first-order valence-electron chi connectivity index (χ1n) is 15.4. The molecule has 42 heavy (non-hydrogen) atoms. The van der Waals surface area contributed by atoms with E-state index < -0.39 is 8.07 Å². The van der Waals surface area contributed by atoms with Crippen LogP contribution in [0, 0.1) is 5.92 Å². The van der Waals surface area contributed by atoms with E-state index in [4.69, 9.17) is 0 Å². The zero-order valence-electron chi connectivity index (χ0n) is 26.1. The molecule has 0 aliphatic heterocycles. The molecule has 1 unspecified atom stereocenters. The van der Waals surface area contributed by atoms with Crippen molar-refractivity contribution in [2.75, 3.05) is 0 Å². The van der Waals surface area contributed by atoms with Crippen molar-refractivity contribution in [3.8, 4) is 0 Å². The van der Waals surface area contributed by atoms with Gasteiger partial charge in [-0.3, -0.25) is 0 Å². The van der Waals surface area contributed by atoms with Crippen LogP contribution in [0.1, 0.15) is 89.8 Å². The summed E-state index contributed by atoms with van der Waals surface area (Å²) in [5, 5.41) is 6.13. The number of halogens is 3. The van der Waals surface area contributed by atoms with E-state index in [1.165, 1.54) is 99.5 Å². The molecule has 0 N–H and O–H groups in total. The Morgan fingerprint density at radius 3 is 1.12 bits per heavy atom. The van der Waals surface area contributed by atoms with Crippen LogP contribution in [0.5, 0.6) is 0 Å². The summed E-state index contributed by atoms with van der Waals surface area (Å²) in [6, 6.07) is 29.4. The van der Waals surface area contributed by atoms with Gasteiger partial charge in [-0.1, -0.05) is 0 Å². The first kappa shape index (κ1) is 39.0. The fraction of sp³-hybridized carbons (Fsp3) is 0.405. The molecule has 0 nitrogen and oxygen atoms in total. The molecule has 3 aromatic carbocycles. The summed E-state index contributed by atoms with van der Waals surface area (Å²) < 4.78 is 1.53. The van der Waals surface area contributed by atoms with Crippen LogP contribution in [0.3, 0.4) is 0 Å². The topological polar surface area (TPSA) is 0 Å². The number of benzene rings is 3. The molecule has 1 aliphatic carbocycles. The molecule has 1 aliphatic rings. The van der Waals surface area contributed by atoms with E-state index in [0.717, 1.165) is 0 Å². The summed E-state index contributed by atoms with van der Waals surface area (Å²) >= 11 is 2.35. The van der Waals surface area contributed by atoms with Crippen LogP contribution in [0.15, 0.2) is 93.5 Å². The average molecular weight is 674 g/mol. The number of rotatable bonds is 13. The van der Waals surface area contributed by atoms with Crippen molar-refractivity contribution in [1.29, 1.82) is 0 Å². The van der Waals surface area contributed by atoms with E-state index >= 15 is 0 Å². The monoisotopic (exact) mass is 672 g/mol. The van der Waals surface area contributed by atoms with Crippen molar-refractivity contribution in [2.45, 2.75) is 92.4 Å².